The smallest absolute Gasteiger partial charge is 0.305 e. The lowest BCUT2D eigenvalue weighted by Crippen LogP contribution is -2.17. The highest BCUT2D eigenvalue weighted by atomic mass is 16.5. The topological polar surface area (TPSA) is 29.5 Å². The van der Waals surface area contributed by atoms with E-state index in [1.165, 1.54) is 141 Å². The Morgan fingerprint density at radius 1 is 0.694 bits per heavy atom. The molecule has 0 radical (unpaired) electrons. The van der Waals surface area contributed by atoms with Crippen molar-refractivity contribution in [3.63, 3.8) is 0 Å². The number of nitrogens with zero attached hydrogens (tertiary/aromatic N) is 1. The van der Waals surface area contributed by atoms with Crippen molar-refractivity contribution in [2.24, 2.45) is 17.8 Å². The van der Waals surface area contributed by atoms with Crippen LogP contribution in [0.1, 0.15) is 162 Å². The summed E-state index contributed by atoms with van der Waals surface area (Å²) in [7, 11) is 4.41. The van der Waals surface area contributed by atoms with E-state index in [9.17, 15) is 4.79 Å². The van der Waals surface area contributed by atoms with Gasteiger partial charge in [0.15, 0.2) is 0 Å². The molecule has 1 aliphatic rings. The largest absolute Gasteiger partial charge is 0.465 e. The lowest BCUT2D eigenvalue weighted by Gasteiger charge is -2.19. The number of carbonyl (C=O) groups excluding carboxylic acids is 1. The fraction of sp³-hybridized carbons (Fsp3) is 0.970. The summed E-state index contributed by atoms with van der Waals surface area (Å²) in [6.45, 7) is 6.48. The maximum atomic E-state index is 12.0. The molecule has 0 aromatic heterocycles. The molecule has 3 atom stereocenters. The van der Waals surface area contributed by atoms with E-state index in [2.05, 4.69) is 32.8 Å². The van der Waals surface area contributed by atoms with Gasteiger partial charge in [-0.3, -0.25) is 4.79 Å². The molecule has 3 unspecified atom stereocenters. The van der Waals surface area contributed by atoms with Crippen molar-refractivity contribution in [3.8, 4) is 0 Å². The van der Waals surface area contributed by atoms with Gasteiger partial charge in [0, 0.05) is 6.42 Å². The quantitative estimate of drug-likeness (QED) is 0.0818. The lowest BCUT2D eigenvalue weighted by molar-refractivity contribution is -0.144. The maximum absolute atomic E-state index is 12.0. The minimum atomic E-state index is 0.0423. The number of hydrogen-bond donors (Lipinski definition) is 0. The van der Waals surface area contributed by atoms with Crippen LogP contribution in [0.2, 0.25) is 0 Å². The van der Waals surface area contributed by atoms with Gasteiger partial charge in [0.05, 0.1) is 6.61 Å². The SMILES string of the molecule is CCCCCCCCCC(CCCCCCCCC(=O)OCC1CC1CCCCCC)CCN(C)C. The first-order chi connectivity index (χ1) is 17.6. The monoisotopic (exact) mass is 508 g/mol. The summed E-state index contributed by atoms with van der Waals surface area (Å²) >= 11 is 0. The molecule has 0 bridgehead atoms. The van der Waals surface area contributed by atoms with Crippen molar-refractivity contribution < 1.29 is 9.53 Å². The molecule has 3 nitrogen and oxygen atoms in total. The van der Waals surface area contributed by atoms with Crippen molar-refractivity contribution in [1.82, 2.24) is 4.90 Å². The van der Waals surface area contributed by atoms with E-state index in [1.54, 1.807) is 0 Å². The third kappa shape index (κ3) is 20.5. The summed E-state index contributed by atoms with van der Waals surface area (Å²) in [4.78, 5) is 14.4. The van der Waals surface area contributed by atoms with Crippen molar-refractivity contribution in [3.05, 3.63) is 0 Å². The number of carbonyl (C=O) groups is 1. The Bertz CT molecular complexity index is 492. The summed E-state index contributed by atoms with van der Waals surface area (Å²) in [5.74, 6) is 2.47. The number of unbranched alkanes of at least 4 members (excludes halogenated alkanes) is 14. The van der Waals surface area contributed by atoms with Crippen LogP contribution in [0.5, 0.6) is 0 Å². The van der Waals surface area contributed by atoms with Gasteiger partial charge in [-0.2, -0.15) is 0 Å². The van der Waals surface area contributed by atoms with Crippen LogP contribution in [0, 0.1) is 17.8 Å². The molecular formula is C33H65NO2. The van der Waals surface area contributed by atoms with Gasteiger partial charge in [0.1, 0.15) is 0 Å². The van der Waals surface area contributed by atoms with Gasteiger partial charge in [-0.15, -0.1) is 0 Å². The molecule has 0 aromatic carbocycles. The van der Waals surface area contributed by atoms with E-state index >= 15 is 0 Å². The molecule has 0 N–H and O–H groups in total. The molecule has 3 heteroatoms. The lowest BCUT2D eigenvalue weighted by atomic mass is 9.91. The summed E-state index contributed by atoms with van der Waals surface area (Å²) in [5.41, 5.74) is 0. The van der Waals surface area contributed by atoms with Gasteiger partial charge in [0.25, 0.3) is 0 Å². The van der Waals surface area contributed by atoms with Crippen molar-refractivity contribution in [2.75, 3.05) is 27.2 Å². The van der Waals surface area contributed by atoms with E-state index in [4.69, 9.17) is 4.74 Å². The first kappa shape index (κ1) is 33.5. The fourth-order valence-corrected chi connectivity index (χ4v) is 5.65. The zero-order valence-corrected chi connectivity index (χ0v) is 25.2. The molecule has 0 aromatic rings. The Labute approximate surface area is 226 Å². The third-order valence-electron chi connectivity index (χ3n) is 8.40. The highest BCUT2D eigenvalue weighted by molar-refractivity contribution is 5.69. The van der Waals surface area contributed by atoms with Gasteiger partial charge in [0.2, 0.25) is 0 Å². The first-order valence-electron chi connectivity index (χ1n) is 16.4. The van der Waals surface area contributed by atoms with Gasteiger partial charge in [-0.25, -0.2) is 0 Å². The van der Waals surface area contributed by atoms with Crippen LogP contribution in [0.15, 0.2) is 0 Å². The standard InChI is InChI=1S/C33H65NO2/c1-5-7-9-11-12-15-18-22-30(26-27-34(3)4)23-19-16-13-14-17-21-25-33(35)36-29-32-28-31(32)24-20-10-8-6-2/h30-32H,5-29H2,1-4H3. The van der Waals surface area contributed by atoms with Crippen LogP contribution in [0.25, 0.3) is 0 Å². The Morgan fingerprint density at radius 2 is 1.22 bits per heavy atom. The third-order valence-corrected chi connectivity index (χ3v) is 8.40. The van der Waals surface area contributed by atoms with E-state index in [-0.39, 0.29) is 5.97 Å². The normalized spacial score (nSPS) is 18.0. The predicted molar refractivity (Wildman–Crippen MR) is 158 cm³/mol. The second kappa shape index (κ2) is 23.5. The van der Waals surface area contributed by atoms with Crippen LogP contribution in [0.4, 0.5) is 0 Å². The van der Waals surface area contributed by atoms with Crippen molar-refractivity contribution in [1.29, 1.82) is 0 Å². The average molecular weight is 508 g/mol. The second-order valence-corrected chi connectivity index (χ2v) is 12.3. The Morgan fingerprint density at radius 3 is 1.81 bits per heavy atom. The molecule has 214 valence electrons. The molecule has 36 heavy (non-hydrogen) atoms. The van der Waals surface area contributed by atoms with Gasteiger partial charge < -0.3 is 9.64 Å². The zero-order chi connectivity index (χ0) is 26.3. The van der Waals surface area contributed by atoms with Crippen LogP contribution in [-0.4, -0.2) is 38.1 Å². The molecule has 0 heterocycles. The van der Waals surface area contributed by atoms with E-state index in [1.807, 2.05) is 0 Å². The molecule has 1 aliphatic carbocycles. The first-order valence-corrected chi connectivity index (χ1v) is 16.4. The summed E-state index contributed by atoms with van der Waals surface area (Å²) in [6, 6.07) is 0. The molecule has 1 saturated carbocycles. The fourth-order valence-electron chi connectivity index (χ4n) is 5.65. The molecule has 0 amide bonds. The van der Waals surface area contributed by atoms with E-state index in [0.29, 0.717) is 18.9 Å². The summed E-state index contributed by atoms with van der Waals surface area (Å²) < 4.78 is 5.56. The molecular weight excluding hydrogens is 442 g/mol. The van der Waals surface area contributed by atoms with Gasteiger partial charge >= 0.3 is 5.97 Å². The summed E-state index contributed by atoms with van der Waals surface area (Å²) in [5, 5.41) is 0. The highest BCUT2D eigenvalue weighted by Gasteiger charge is 2.37. The number of esters is 1. The average Bonchev–Trinajstić information content (AvgIpc) is 3.62. The van der Waals surface area contributed by atoms with Crippen LogP contribution < -0.4 is 0 Å². The predicted octanol–water partition coefficient (Wildman–Crippen LogP) is 9.97. The van der Waals surface area contributed by atoms with Gasteiger partial charge in [-0.1, -0.05) is 136 Å². The van der Waals surface area contributed by atoms with E-state index < -0.39 is 0 Å². The Balaban J connectivity index is 1.96. The molecule has 0 spiro atoms. The zero-order valence-electron chi connectivity index (χ0n) is 25.2. The number of ether oxygens (including phenoxy) is 1. The minimum absolute atomic E-state index is 0.0423. The Kier molecular flexibility index (Phi) is 21.9. The highest BCUT2D eigenvalue weighted by Crippen LogP contribution is 2.42. The number of rotatable bonds is 27. The van der Waals surface area contributed by atoms with Gasteiger partial charge in [-0.05, 0) is 57.7 Å². The van der Waals surface area contributed by atoms with Crippen LogP contribution in [0.3, 0.4) is 0 Å². The Hall–Kier alpha value is -0.570. The second-order valence-electron chi connectivity index (χ2n) is 12.3. The molecule has 1 rings (SSSR count). The van der Waals surface area contributed by atoms with Crippen LogP contribution in [-0.2, 0) is 9.53 Å². The van der Waals surface area contributed by atoms with Crippen molar-refractivity contribution in [2.45, 2.75) is 162 Å². The number of hydrogen-bond acceptors (Lipinski definition) is 3. The maximum Gasteiger partial charge on any atom is 0.305 e. The molecule has 0 saturated heterocycles. The molecule has 0 aliphatic heterocycles. The van der Waals surface area contributed by atoms with Crippen molar-refractivity contribution >= 4 is 5.97 Å². The van der Waals surface area contributed by atoms with Crippen LogP contribution >= 0.6 is 0 Å². The minimum Gasteiger partial charge on any atom is -0.465 e. The molecule has 1 fully saturated rings. The summed E-state index contributed by atoms with van der Waals surface area (Å²) in [6.07, 6.45) is 30.3. The van der Waals surface area contributed by atoms with E-state index in [0.717, 1.165) is 18.3 Å².